The van der Waals surface area contributed by atoms with Gasteiger partial charge in [0.2, 0.25) is 0 Å². The fourth-order valence-corrected chi connectivity index (χ4v) is 4.46. The molecule has 1 unspecified atom stereocenters. The molecule has 0 bridgehead atoms. The van der Waals surface area contributed by atoms with E-state index < -0.39 is 0 Å². The highest BCUT2D eigenvalue weighted by Crippen LogP contribution is 2.41. The lowest BCUT2D eigenvalue weighted by molar-refractivity contribution is 0.482. The van der Waals surface area contributed by atoms with Crippen molar-refractivity contribution in [3.8, 4) is 0 Å². The molecule has 0 aliphatic heterocycles. The highest BCUT2D eigenvalue weighted by molar-refractivity contribution is 9.13. The van der Waals surface area contributed by atoms with Crippen LogP contribution in [0.15, 0.2) is 44.7 Å². The first-order valence-corrected chi connectivity index (χ1v) is 8.86. The van der Waals surface area contributed by atoms with Crippen molar-refractivity contribution in [2.45, 2.75) is 25.4 Å². The van der Waals surface area contributed by atoms with Gasteiger partial charge in [-0.15, -0.1) is 11.3 Å². The SMILES string of the molecule is Brc1cc(CNC(c2ccccc2)C2CC2)sc1Br. The third-order valence-corrected chi connectivity index (χ3v) is 6.70. The van der Waals surface area contributed by atoms with E-state index in [4.69, 9.17) is 0 Å². The second-order valence-corrected chi connectivity index (χ2v) is 8.25. The molecule has 19 heavy (non-hydrogen) atoms. The molecule has 1 saturated carbocycles. The second kappa shape index (κ2) is 6.08. The lowest BCUT2D eigenvalue weighted by Crippen LogP contribution is -2.22. The Bertz CT molecular complexity index is 529. The molecule has 1 atom stereocenters. The van der Waals surface area contributed by atoms with Gasteiger partial charge in [0.1, 0.15) is 0 Å². The van der Waals surface area contributed by atoms with Crippen molar-refractivity contribution in [1.82, 2.24) is 5.32 Å². The maximum atomic E-state index is 3.72. The summed E-state index contributed by atoms with van der Waals surface area (Å²) in [7, 11) is 0. The van der Waals surface area contributed by atoms with Crippen LogP contribution in [0.4, 0.5) is 0 Å². The van der Waals surface area contributed by atoms with Crippen molar-refractivity contribution in [3.05, 3.63) is 55.1 Å². The Balaban J connectivity index is 1.69. The van der Waals surface area contributed by atoms with Gasteiger partial charge in [-0.1, -0.05) is 30.3 Å². The van der Waals surface area contributed by atoms with Crippen molar-refractivity contribution >= 4 is 43.2 Å². The Labute approximate surface area is 134 Å². The smallest absolute Gasteiger partial charge is 0.0843 e. The standard InChI is InChI=1S/C15H15Br2NS/c16-13-8-12(19-15(13)17)9-18-14(11-6-7-11)10-4-2-1-3-5-10/h1-5,8,11,14,18H,6-7,9H2. The summed E-state index contributed by atoms with van der Waals surface area (Å²) >= 11 is 8.89. The van der Waals surface area contributed by atoms with Gasteiger partial charge in [-0.2, -0.15) is 0 Å². The lowest BCUT2D eigenvalue weighted by atomic mass is 10.0. The summed E-state index contributed by atoms with van der Waals surface area (Å²) in [6.07, 6.45) is 2.70. The van der Waals surface area contributed by atoms with Crippen LogP contribution in [-0.2, 0) is 6.54 Å². The molecule has 1 aliphatic carbocycles. The van der Waals surface area contributed by atoms with E-state index >= 15 is 0 Å². The second-order valence-electron chi connectivity index (χ2n) is 4.94. The van der Waals surface area contributed by atoms with Crippen LogP contribution in [0.3, 0.4) is 0 Å². The Morgan fingerprint density at radius 1 is 1.21 bits per heavy atom. The Kier molecular flexibility index (Phi) is 4.42. The quantitative estimate of drug-likeness (QED) is 0.697. The number of benzene rings is 1. The summed E-state index contributed by atoms with van der Waals surface area (Å²) in [5, 5.41) is 3.72. The van der Waals surface area contributed by atoms with Crippen LogP contribution >= 0.6 is 43.2 Å². The minimum Gasteiger partial charge on any atom is -0.305 e. The third-order valence-electron chi connectivity index (χ3n) is 3.44. The number of hydrogen-bond donors (Lipinski definition) is 1. The highest BCUT2D eigenvalue weighted by atomic mass is 79.9. The largest absolute Gasteiger partial charge is 0.305 e. The number of nitrogens with one attached hydrogen (secondary N) is 1. The maximum Gasteiger partial charge on any atom is 0.0843 e. The Hall–Kier alpha value is -0.160. The average Bonchev–Trinajstić information content (AvgIpc) is 3.19. The zero-order chi connectivity index (χ0) is 13.2. The summed E-state index contributed by atoms with van der Waals surface area (Å²) in [6, 6.07) is 13.5. The summed E-state index contributed by atoms with van der Waals surface area (Å²) in [5.74, 6) is 0.814. The predicted molar refractivity (Wildman–Crippen MR) is 88.5 cm³/mol. The molecule has 1 aliphatic rings. The molecule has 1 aromatic carbocycles. The third kappa shape index (κ3) is 3.48. The van der Waals surface area contributed by atoms with Crippen molar-refractivity contribution < 1.29 is 0 Å². The first-order chi connectivity index (χ1) is 9.24. The topological polar surface area (TPSA) is 12.0 Å². The zero-order valence-corrected chi connectivity index (χ0v) is 14.4. The van der Waals surface area contributed by atoms with Crippen LogP contribution in [0.25, 0.3) is 0 Å². The lowest BCUT2D eigenvalue weighted by Gasteiger charge is -2.18. The summed E-state index contributed by atoms with van der Waals surface area (Å²) in [4.78, 5) is 1.36. The van der Waals surface area contributed by atoms with Crippen molar-refractivity contribution in [3.63, 3.8) is 0 Å². The molecule has 4 heteroatoms. The van der Waals surface area contributed by atoms with Gasteiger partial charge in [0.05, 0.1) is 3.79 Å². The molecule has 1 aromatic heterocycles. The molecule has 0 amide bonds. The van der Waals surface area contributed by atoms with Crippen LogP contribution in [0.2, 0.25) is 0 Å². The molecule has 100 valence electrons. The summed E-state index contributed by atoms with van der Waals surface area (Å²) in [6.45, 7) is 0.935. The number of hydrogen-bond acceptors (Lipinski definition) is 2. The van der Waals surface area contributed by atoms with Gasteiger partial charge >= 0.3 is 0 Å². The predicted octanol–water partition coefficient (Wildman–Crippen LogP) is 5.51. The van der Waals surface area contributed by atoms with Crippen LogP contribution in [0.1, 0.15) is 29.3 Å². The fraction of sp³-hybridized carbons (Fsp3) is 0.333. The zero-order valence-electron chi connectivity index (χ0n) is 10.4. The number of halogens is 2. The molecule has 0 saturated heterocycles. The Morgan fingerprint density at radius 3 is 2.53 bits per heavy atom. The van der Waals surface area contributed by atoms with E-state index in [0.29, 0.717) is 6.04 Å². The van der Waals surface area contributed by atoms with Gasteiger partial charge in [-0.05, 0) is 62.2 Å². The van der Waals surface area contributed by atoms with Crippen molar-refractivity contribution in [2.24, 2.45) is 5.92 Å². The molecule has 0 spiro atoms. The van der Waals surface area contributed by atoms with E-state index in [1.807, 2.05) is 0 Å². The summed E-state index contributed by atoms with van der Waals surface area (Å²) in [5.41, 5.74) is 1.42. The van der Waals surface area contributed by atoms with Crippen LogP contribution in [0.5, 0.6) is 0 Å². The molecular formula is C15H15Br2NS. The van der Waals surface area contributed by atoms with Gasteiger partial charge in [-0.3, -0.25) is 0 Å². The minimum atomic E-state index is 0.501. The van der Waals surface area contributed by atoms with E-state index in [2.05, 4.69) is 73.6 Å². The van der Waals surface area contributed by atoms with Gasteiger partial charge in [0.25, 0.3) is 0 Å². The molecule has 1 N–H and O–H groups in total. The van der Waals surface area contributed by atoms with Crippen LogP contribution < -0.4 is 5.32 Å². The summed E-state index contributed by atoms with van der Waals surface area (Å²) < 4.78 is 2.32. The molecule has 1 fully saturated rings. The van der Waals surface area contributed by atoms with E-state index in [0.717, 1.165) is 16.9 Å². The van der Waals surface area contributed by atoms with E-state index in [-0.39, 0.29) is 0 Å². The first-order valence-electron chi connectivity index (χ1n) is 6.46. The van der Waals surface area contributed by atoms with Gasteiger partial charge in [0.15, 0.2) is 0 Å². The number of rotatable bonds is 5. The van der Waals surface area contributed by atoms with Gasteiger partial charge < -0.3 is 5.32 Å². The minimum absolute atomic E-state index is 0.501. The normalized spacial score (nSPS) is 16.5. The molecule has 3 rings (SSSR count). The number of thiophene rings is 1. The van der Waals surface area contributed by atoms with Crippen molar-refractivity contribution in [2.75, 3.05) is 0 Å². The van der Waals surface area contributed by atoms with Gasteiger partial charge in [0, 0.05) is 21.9 Å². The molecule has 2 aromatic rings. The van der Waals surface area contributed by atoms with Crippen LogP contribution in [0, 0.1) is 5.92 Å². The Morgan fingerprint density at radius 2 is 1.95 bits per heavy atom. The molecule has 1 heterocycles. The molecular weight excluding hydrogens is 386 g/mol. The monoisotopic (exact) mass is 399 g/mol. The molecule has 1 nitrogen and oxygen atoms in total. The van der Waals surface area contributed by atoms with Gasteiger partial charge in [-0.25, -0.2) is 0 Å². The average molecular weight is 401 g/mol. The fourth-order valence-electron chi connectivity index (χ4n) is 2.34. The van der Waals surface area contributed by atoms with Crippen LogP contribution in [-0.4, -0.2) is 0 Å². The van der Waals surface area contributed by atoms with E-state index in [1.54, 1.807) is 11.3 Å². The van der Waals surface area contributed by atoms with Crippen molar-refractivity contribution in [1.29, 1.82) is 0 Å². The van der Waals surface area contributed by atoms with E-state index in [9.17, 15) is 0 Å². The first kappa shape index (κ1) is 13.8. The molecule has 0 radical (unpaired) electrons. The van der Waals surface area contributed by atoms with E-state index in [1.165, 1.54) is 27.1 Å². The highest BCUT2D eigenvalue weighted by Gasteiger charge is 2.31. The maximum absolute atomic E-state index is 3.72.